The fourth-order valence-electron chi connectivity index (χ4n) is 9.81. The fraction of sp³-hybridized carbons (Fsp3) is 0.938. The molecule has 84 heavy (non-hydrogen) atoms. The molecule has 0 rings (SSSR count). The number of hydrogen-bond donors (Lipinski definition) is 3. The van der Waals surface area contributed by atoms with Gasteiger partial charge in [-0.1, -0.05) is 285 Å². The smallest absolute Gasteiger partial charge is 0.462 e. The minimum Gasteiger partial charge on any atom is -0.462 e. The van der Waals surface area contributed by atoms with Crippen molar-refractivity contribution in [1.82, 2.24) is 0 Å². The second-order valence-electron chi connectivity index (χ2n) is 23.5. The van der Waals surface area contributed by atoms with Gasteiger partial charge >= 0.3 is 39.5 Å². The van der Waals surface area contributed by atoms with Gasteiger partial charge in [-0.15, -0.1) is 0 Å². The van der Waals surface area contributed by atoms with E-state index < -0.39 is 97.5 Å². The maximum atomic E-state index is 13.0. The predicted octanol–water partition coefficient (Wildman–Crippen LogP) is 18.3. The summed E-state index contributed by atoms with van der Waals surface area (Å²) in [6, 6.07) is 0. The molecule has 0 spiro atoms. The van der Waals surface area contributed by atoms with Crippen LogP contribution >= 0.6 is 15.6 Å². The predicted molar refractivity (Wildman–Crippen MR) is 335 cm³/mol. The van der Waals surface area contributed by atoms with E-state index in [-0.39, 0.29) is 25.7 Å². The van der Waals surface area contributed by atoms with Crippen LogP contribution in [0.5, 0.6) is 0 Å². The van der Waals surface area contributed by atoms with E-state index in [9.17, 15) is 43.2 Å². The van der Waals surface area contributed by atoms with Crippen LogP contribution < -0.4 is 0 Å². The van der Waals surface area contributed by atoms with Gasteiger partial charge in [-0.25, -0.2) is 9.13 Å². The first-order chi connectivity index (χ1) is 40.7. The molecule has 0 aromatic heterocycles. The molecular weight excluding hydrogens is 1110 g/mol. The summed E-state index contributed by atoms with van der Waals surface area (Å²) >= 11 is 0. The first-order valence-corrected chi connectivity index (χ1v) is 37.3. The van der Waals surface area contributed by atoms with E-state index in [1.165, 1.54) is 161 Å². The molecule has 0 aromatic carbocycles. The number of unbranched alkanes of at least 4 members (excludes halogenated alkanes) is 40. The zero-order valence-corrected chi connectivity index (χ0v) is 55.7. The number of ether oxygens (including phenoxy) is 4. The molecular formula is C65H126O17P2. The van der Waals surface area contributed by atoms with Crippen molar-refractivity contribution in [3.05, 3.63) is 0 Å². The number of aliphatic hydroxyl groups excluding tert-OH is 1. The third kappa shape index (κ3) is 59.0. The standard InChI is InChI=1S/C65H126O17P2/c1-5-9-13-17-20-23-26-28-29-31-34-37-40-44-48-52-65(70)82-61(56-76-63(68)50-46-42-38-35-33-30-27-24-21-18-14-10-6-2)58-80-84(73,74)78-54-59(66)53-77-83(71,72)79-57-60(55-75-62(67)49-45-41-16-12-8-4)81-64(69)51-47-43-39-36-32-25-22-19-15-11-7-3/h59-61,66H,5-58H2,1-4H3,(H,71,72)(H,73,74)/t59-,60+,61+/m0/s1. The molecule has 0 heterocycles. The molecule has 0 amide bonds. The molecule has 2 unspecified atom stereocenters. The van der Waals surface area contributed by atoms with Crippen molar-refractivity contribution in [2.75, 3.05) is 39.6 Å². The Hall–Kier alpha value is -1.94. The summed E-state index contributed by atoms with van der Waals surface area (Å²) in [6.07, 6.45) is 46.0. The molecule has 0 aliphatic carbocycles. The lowest BCUT2D eigenvalue weighted by atomic mass is 10.0. The molecule has 0 aromatic rings. The first kappa shape index (κ1) is 82.1. The summed E-state index contributed by atoms with van der Waals surface area (Å²) in [5, 5.41) is 10.5. The summed E-state index contributed by atoms with van der Waals surface area (Å²) < 4.78 is 67.9. The minimum absolute atomic E-state index is 0.106. The average Bonchev–Trinajstić information content (AvgIpc) is 3.54. The quantitative estimate of drug-likeness (QED) is 0.0222. The van der Waals surface area contributed by atoms with Crippen LogP contribution in [-0.4, -0.2) is 96.7 Å². The zero-order valence-electron chi connectivity index (χ0n) is 53.9. The van der Waals surface area contributed by atoms with Crippen molar-refractivity contribution >= 4 is 39.5 Å². The third-order valence-corrected chi connectivity index (χ3v) is 17.0. The molecule has 0 radical (unpaired) electrons. The lowest BCUT2D eigenvalue weighted by Gasteiger charge is -2.21. The Kier molecular flexibility index (Phi) is 58.6. The van der Waals surface area contributed by atoms with Gasteiger partial charge < -0.3 is 33.8 Å². The Morgan fingerprint density at radius 1 is 0.286 bits per heavy atom. The molecule has 5 atom stereocenters. The summed E-state index contributed by atoms with van der Waals surface area (Å²) in [5.74, 6) is -2.14. The Labute approximate surface area is 511 Å². The highest BCUT2D eigenvalue weighted by atomic mass is 31.2. The van der Waals surface area contributed by atoms with Gasteiger partial charge in [-0.05, 0) is 25.7 Å². The summed E-state index contributed by atoms with van der Waals surface area (Å²) in [5.41, 5.74) is 0. The van der Waals surface area contributed by atoms with Crippen molar-refractivity contribution in [1.29, 1.82) is 0 Å². The molecule has 0 saturated carbocycles. The van der Waals surface area contributed by atoms with E-state index in [4.69, 9.17) is 37.0 Å². The van der Waals surface area contributed by atoms with Gasteiger partial charge in [0.15, 0.2) is 12.2 Å². The van der Waals surface area contributed by atoms with Crippen molar-refractivity contribution in [2.24, 2.45) is 0 Å². The number of carbonyl (C=O) groups is 4. The van der Waals surface area contributed by atoms with Gasteiger partial charge in [0.1, 0.15) is 19.3 Å². The van der Waals surface area contributed by atoms with E-state index in [0.29, 0.717) is 25.7 Å². The molecule has 0 aliphatic rings. The first-order valence-electron chi connectivity index (χ1n) is 34.3. The highest BCUT2D eigenvalue weighted by molar-refractivity contribution is 7.47. The van der Waals surface area contributed by atoms with Gasteiger partial charge in [-0.3, -0.25) is 37.3 Å². The number of hydrogen-bond acceptors (Lipinski definition) is 15. The Bertz CT molecular complexity index is 1620. The summed E-state index contributed by atoms with van der Waals surface area (Å²) in [4.78, 5) is 72.0. The van der Waals surface area contributed by atoms with Gasteiger partial charge in [0.05, 0.1) is 26.4 Å². The van der Waals surface area contributed by atoms with Crippen LogP contribution in [0.2, 0.25) is 0 Å². The van der Waals surface area contributed by atoms with Crippen molar-refractivity contribution in [3.8, 4) is 0 Å². The molecule has 0 bridgehead atoms. The zero-order chi connectivity index (χ0) is 61.9. The maximum absolute atomic E-state index is 13.0. The SMILES string of the molecule is CCCCCCCCCCCCCCCCCC(=O)O[C@H](COC(=O)CCCCCCCCCCCCCCC)COP(=O)(O)OC[C@@H](O)COP(=O)(O)OC[C@@H](COC(=O)CCCCCCC)OC(=O)CCCCCCCCCCCCC. The third-order valence-electron chi connectivity index (χ3n) is 15.1. The summed E-state index contributed by atoms with van der Waals surface area (Å²) in [7, 11) is -9.88. The molecule has 3 N–H and O–H groups in total. The van der Waals surface area contributed by atoms with E-state index in [0.717, 1.165) is 96.3 Å². The Balaban J connectivity index is 5.17. The number of phosphoric ester groups is 2. The molecule has 498 valence electrons. The van der Waals surface area contributed by atoms with Gasteiger partial charge in [0.2, 0.25) is 0 Å². The van der Waals surface area contributed by atoms with E-state index in [1.807, 2.05) is 0 Å². The van der Waals surface area contributed by atoms with Gasteiger partial charge in [-0.2, -0.15) is 0 Å². The number of esters is 4. The molecule has 19 heteroatoms. The van der Waals surface area contributed by atoms with Crippen molar-refractivity contribution < 1.29 is 80.2 Å². The van der Waals surface area contributed by atoms with Gasteiger partial charge in [0.25, 0.3) is 0 Å². The van der Waals surface area contributed by atoms with Crippen molar-refractivity contribution in [3.63, 3.8) is 0 Å². The molecule has 17 nitrogen and oxygen atoms in total. The van der Waals surface area contributed by atoms with Crippen LogP contribution in [-0.2, 0) is 65.4 Å². The van der Waals surface area contributed by atoms with E-state index in [2.05, 4.69) is 27.7 Å². The minimum atomic E-state index is -4.94. The second-order valence-corrected chi connectivity index (χ2v) is 26.4. The highest BCUT2D eigenvalue weighted by Gasteiger charge is 2.30. The van der Waals surface area contributed by atoms with Crippen LogP contribution in [0, 0.1) is 0 Å². The average molecular weight is 1240 g/mol. The number of aliphatic hydroxyl groups is 1. The Morgan fingerprint density at radius 2 is 0.476 bits per heavy atom. The van der Waals surface area contributed by atoms with Crippen LogP contribution in [0.15, 0.2) is 0 Å². The van der Waals surface area contributed by atoms with Gasteiger partial charge in [0, 0.05) is 25.7 Å². The highest BCUT2D eigenvalue weighted by Crippen LogP contribution is 2.45. The van der Waals surface area contributed by atoms with E-state index >= 15 is 0 Å². The monoisotopic (exact) mass is 1240 g/mol. The molecule has 0 aliphatic heterocycles. The lowest BCUT2D eigenvalue weighted by Crippen LogP contribution is -2.30. The second kappa shape index (κ2) is 60.0. The lowest BCUT2D eigenvalue weighted by molar-refractivity contribution is -0.161. The fourth-order valence-corrected chi connectivity index (χ4v) is 11.4. The van der Waals surface area contributed by atoms with Crippen LogP contribution in [0.4, 0.5) is 0 Å². The summed E-state index contributed by atoms with van der Waals surface area (Å²) in [6.45, 7) is 4.82. The largest absolute Gasteiger partial charge is 0.472 e. The normalized spacial score (nSPS) is 14.1. The molecule has 0 saturated heterocycles. The van der Waals surface area contributed by atoms with Crippen molar-refractivity contribution in [2.45, 2.75) is 354 Å². The van der Waals surface area contributed by atoms with Crippen LogP contribution in [0.25, 0.3) is 0 Å². The Morgan fingerprint density at radius 3 is 0.702 bits per heavy atom. The number of carbonyl (C=O) groups excluding carboxylic acids is 4. The number of phosphoric acid groups is 2. The topological polar surface area (TPSA) is 237 Å². The number of rotatable bonds is 66. The maximum Gasteiger partial charge on any atom is 0.472 e. The van der Waals surface area contributed by atoms with Crippen LogP contribution in [0.3, 0.4) is 0 Å². The molecule has 0 fully saturated rings. The van der Waals surface area contributed by atoms with Crippen LogP contribution in [0.1, 0.15) is 336 Å². The van der Waals surface area contributed by atoms with E-state index in [1.54, 1.807) is 0 Å².